The summed E-state index contributed by atoms with van der Waals surface area (Å²) in [6.45, 7) is 0. The van der Waals surface area contributed by atoms with Crippen molar-refractivity contribution in [2.24, 2.45) is 5.92 Å². The van der Waals surface area contributed by atoms with Gasteiger partial charge >= 0.3 is 12.4 Å². The maximum atomic E-state index is 12.8. The minimum atomic E-state index is -4.89. The molecule has 1 unspecified atom stereocenters. The van der Waals surface area contributed by atoms with Crippen molar-refractivity contribution >= 4 is 0 Å². The first-order chi connectivity index (χ1) is 10.1. The van der Waals surface area contributed by atoms with E-state index in [9.17, 15) is 31.4 Å². The van der Waals surface area contributed by atoms with Gasteiger partial charge in [-0.3, -0.25) is 0 Å². The Kier molecular flexibility index (Phi) is 4.75. The second kappa shape index (κ2) is 6.10. The minimum Gasteiger partial charge on any atom is -0.388 e. The highest BCUT2D eigenvalue weighted by atomic mass is 19.4. The largest absolute Gasteiger partial charge is 0.416 e. The van der Waals surface area contributed by atoms with Crippen LogP contribution in [0.15, 0.2) is 18.2 Å². The predicted molar refractivity (Wildman–Crippen MR) is 68.0 cm³/mol. The Bertz CT molecular complexity index is 481. The second-order valence-corrected chi connectivity index (χ2v) is 5.68. The summed E-state index contributed by atoms with van der Waals surface area (Å²) in [5.74, 6) is -0.293. The highest BCUT2D eigenvalue weighted by Crippen LogP contribution is 2.40. The second-order valence-electron chi connectivity index (χ2n) is 5.68. The molecule has 0 aromatic heterocycles. The van der Waals surface area contributed by atoms with Crippen LogP contribution in [-0.2, 0) is 12.4 Å². The third-order valence-corrected chi connectivity index (χ3v) is 4.05. The molecule has 1 N–H and O–H groups in total. The lowest BCUT2D eigenvalue weighted by molar-refractivity contribution is -0.143. The Morgan fingerprint density at radius 3 is 1.68 bits per heavy atom. The van der Waals surface area contributed by atoms with Gasteiger partial charge in [-0.1, -0.05) is 19.3 Å². The number of benzene rings is 1. The van der Waals surface area contributed by atoms with Gasteiger partial charge in [-0.25, -0.2) is 0 Å². The zero-order valence-electron chi connectivity index (χ0n) is 11.6. The van der Waals surface area contributed by atoms with Crippen LogP contribution in [0.4, 0.5) is 26.3 Å². The lowest BCUT2D eigenvalue weighted by Crippen LogP contribution is -2.18. The first kappa shape index (κ1) is 17.1. The topological polar surface area (TPSA) is 20.2 Å². The molecule has 0 saturated heterocycles. The molecule has 1 aromatic carbocycles. The molecule has 1 fully saturated rings. The molecule has 0 aliphatic heterocycles. The van der Waals surface area contributed by atoms with Crippen LogP contribution in [0.2, 0.25) is 0 Å². The number of aliphatic hydroxyl groups is 1. The summed E-state index contributed by atoms with van der Waals surface area (Å²) in [7, 11) is 0. The summed E-state index contributed by atoms with van der Waals surface area (Å²) in [5, 5.41) is 10.2. The fourth-order valence-corrected chi connectivity index (χ4v) is 2.87. The first-order valence-electron chi connectivity index (χ1n) is 7.06. The molecule has 1 aromatic rings. The van der Waals surface area contributed by atoms with Gasteiger partial charge in [-0.2, -0.15) is 26.3 Å². The molecule has 2 rings (SSSR count). The summed E-state index contributed by atoms with van der Waals surface area (Å²) in [6.07, 6.45) is -7.23. The van der Waals surface area contributed by atoms with Crippen LogP contribution in [0.5, 0.6) is 0 Å². The van der Waals surface area contributed by atoms with Crippen molar-refractivity contribution < 1.29 is 31.4 Å². The molecule has 1 atom stereocenters. The molecule has 0 heterocycles. The van der Waals surface area contributed by atoms with Crippen molar-refractivity contribution in [2.45, 2.75) is 50.6 Å². The molecule has 1 aliphatic rings. The number of alkyl halides is 6. The van der Waals surface area contributed by atoms with Gasteiger partial charge in [-0.15, -0.1) is 0 Å². The normalized spacial score (nSPS) is 19.2. The zero-order chi connectivity index (χ0) is 16.5. The fourth-order valence-electron chi connectivity index (χ4n) is 2.87. The molecule has 0 spiro atoms. The Hall–Kier alpha value is -1.24. The van der Waals surface area contributed by atoms with E-state index in [-0.39, 0.29) is 17.5 Å². The average Bonchev–Trinajstić information content (AvgIpc) is 2.45. The number of halogens is 6. The zero-order valence-corrected chi connectivity index (χ0v) is 11.6. The van der Waals surface area contributed by atoms with Gasteiger partial charge in [-0.05, 0) is 42.5 Å². The number of hydrogen-bond acceptors (Lipinski definition) is 1. The highest BCUT2D eigenvalue weighted by molar-refractivity contribution is 5.35. The van der Waals surface area contributed by atoms with E-state index < -0.39 is 29.6 Å². The summed E-state index contributed by atoms with van der Waals surface area (Å²) in [6, 6.07) is 1.32. The van der Waals surface area contributed by atoms with E-state index in [0.29, 0.717) is 25.0 Å². The van der Waals surface area contributed by atoms with Crippen molar-refractivity contribution in [3.05, 3.63) is 34.9 Å². The minimum absolute atomic E-state index is 0.0804. The van der Waals surface area contributed by atoms with E-state index in [4.69, 9.17) is 0 Å². The van der Waals surface area contributed by atoms with E-state index in [2.05, 4.69) is 0 Å². The average molecular weight is 326 g/mol. The van der Waals surface area contributed by atoms with Crippen molar-refractivity contribution in [3.63, 3.8) is 0 Å². The summed E-state index contributed by atoms with van der Waals surface area (Å²) < 4.78 is 76.8. The molecule has 1 saturated carbocycles. The Balaban J connectivity index is 2.41. The number of rotatable bonds is 2. The summed E-state index contributed by atoms with van der Waals surface area (Å²) >= 11 is 0. The van der Waals surface area contributed by atoms with Crippen molar-refractivity contribution in [1.82, 2.24) is 0 Å². The number of hydrogen-bond donors (Lipinski definition) is 1. The molecule has 0 radical (unpaired) electrons. The lowest BCUT2D eigenvalue weighted by Gasteiger charge is -2.27. The SMILES string of the molecule is OC(c1cc(C(F)(F)F)cc(C(F)(F)F)c1)C1CCCCC1. The maximum Gasteiger partial charge on any atom is 0.416 e. The smallest absolute Gasteiger partial charge is 0.388 e. The first-order valence-corrected chi connectivity index (χ1v) is 7.06. The quantitative estimate of drug-likeness (QED) is 0.728. The van der Waals surface area contributed by atoms with E-state index in [1.54, 1.807) is 0 Å². The fraction of sp³-hybridized carbons (Fsp3) is 0.600. The third-order valence-electron chi connectivity index (χ3n) is 4.05. The van der Waals surface area contributed by atoms with Gasteiger partial charge in [0.2, 0.25) is 0 Å². The Morgan fingerprint density at radius 2 is 1.27 bits per heavy atom. The van der Waals surface area contributed by atoms with Crippen LogP contribution < -0.4 is 0 Å². The van der Waals surface area contributed by atoms with Gasteiger partial charge < -0.3 is 5.11 Å². The predicted octanol–water partition coefficient (Wildman–Crippen LogP) is 5.34. The van der Waals surface area contributed by atoms with E-state index in [0.717, 1.165) is 19.3 Å². The molecule has 124 valence electrons. The molecular formula is C15H16F6O. The lowest BCUT2D eigenvalue weighted by atomic mass is 9.82. The van der Waals surface area contributed by atoms with Gasteiger partial charge in [0, 0.05) is 0 Å². The molecular weight excluding hydrogens is 310 g/mol. The highest BCUT2D eigenvalue weighted by Gasteiger charge is 2.38. The van der Waals surface area contributed by atoms with E-state index in [1.165, 1.54) is 0 Å². The van der Waals surface area contributed by atoms with Crippen molar-refractivity contribution in [1.29, 1.82) is 0 Å². The van der Waals surface area contributed by atoms with Gasteiger partial charge in [0.1, 0.15) is 0 Å². The van der Waals surface area contributed by atoms with Gasteiger partial charge in [0.25, 0.3) is 0 Å². The molecule has 0 bridgehead atoms. The maximum absolute atomic E-state index is 12.8. The molecule has 1 nitrogen and oxygen atoms in total. The van der Waals surface area contributed by atoms with Crippen molar-refractivity contribution in [3.8, 4) is 0 Å². The van der Waals surface area contributed by atoms with Crippen molar-refractivity contribution in [2.75, 3.05) is 0 Å². The molecule has 7 heteroatoms. The van der Waals surface area contributed by atoms with Crippen LogP contribution in [0, 0.1) is 5.92 Å². The van der Waals surface area contributed by atoms with Crippen LogP contribution in [0.3, 0.4) is 0 Å². The van der Waals surface area contributed by atoms with Crippen LogP contribution in [-0.4, -0.2) is 5.11 Å². The van der Waals surface area contributed by atoms with E-state index in [1.807, 2.05) is 0 Å². The van der Waals surface area contributed by atoms with Crippen LogP contribution in [0.1, 0.15) is 54.9 Å². The Morgan fingerprint density at radius 1 is 0.818 bits per heavy atom. The monoisotopic (exact) mass is 326 g/mol. The molecule has 22 heavy (non-hydrogen) atoms. The standard InChI is InChI=1S/C15H16F6O/c16-14(17,18)11-6-10(7-12(8-11)15(19,20)21)13(22)9-4-2-1-3-5-9/h6-9,13,22H,1-5H2. The van der Waals surface area contributed by atoms with Crippen LogP contribution in [0.25, 0.3) is 0 Å². The molecule has 1 aliphatic carbocycles. The molecule has 0 amide bonds. The summed E-state index contributed by atoms with van der Waals surface area (Å²) in [5.41, 5.74) is -3.08. The van der Waals surface area contributed by atoms with E-state index >= 15 is 0 Å². The summed E-state index contributed by atoms with van der Waals surface area (Å²) in [4.78, 5) is 0. The Labute approximate surface area is 123 Å². The van der Waals surface area contributed by atoms with Crippen LogP contribution >= 0.6 is 0 Å². The van der Waals surface area contributed by atoms with Gasteiger partial charge in [0.05, 0.1) is 17.2 Å². The third kappa shape index (κ3) is 3.94. The van der Waals surface area contributed by atoms with Gasteiger partial charge in [0.15, 0.2) is 0 Å². The number of aliphatic hydroxyl groups excluding tert-OH is 1.